The quantitative estimate of drug-likeness (QED) is 0.446. The Bertz CT molecular complexity index is 152. The molecule has 1 rings (SSSR count). The lowest BCUT2D eigenvalue weighted by molar-refractivity contribution is 0.527. The smallest absolute Gasteiger partial charge is 0.111 e. The van der Waals surface area contributed by atoms with Crippen molar-refractivity contribution in [2.24, 2.45) is 5.84 Å². The molecule has 0 heterocycles. The van der Waals surface area contributed by atoms with Crippen LogP contribution in [0.2, 0.25) is 0 Å². The summed E-state index contributed by atoms with van der Waals surface area (Å²) < 4.78 is 12.0. The summed E-state index contributed by atoms with van der Waals surface area (Å²) in [5, 5.41) is 0. The average molecular weight is 142 g/mol. The highest BCUT2D eigenvalue weighted by molar-refractivity contribution is 5.22. The molecule has 56 valence electrons. The summed E-state index contributed by atoms with van der Waals surface area (Å²) in [6.45, 7) is -0.339. The first-order valence-electron chi connectivity index (χ1n) is 3.28. The van der Waals surface area contributed by atoms with E-state index in [1.165, 1.54) is 0 Å². The largest absolute Gasteiger partial charge is 0.328 e. The number of nitrogens with two attached hydrogens (primary N) is 1. The Labute approximate surface area is 59.6 Å². The maximum atomic E-state index is 12.0. The van der Waals surface area contributed by atoms with E-state index in [-0.39, 0.29) is 6.67 Å². The Morgan fingerprint density at radius 1 is 1.50 bits per heavy atom. The number of nitrogens with one attached hydrogen (secondary N) is 1. The minimum atomic E-state index is -0.339. The van der Waals surface area contributed by atoms with Crippen molar-refractivity contribution >= 4 is 0 Å². The lowest BCUT2D eigenvalue weighted by Crippen LogP contribution is -2.22. The van der Waals surface area contributed by atoms with E-state index in [1.807, 2.05) is 6.08 Å². The molecule has 1 aliphatic carbocycles. The number of halogens is 1. The van der Waals surface area contributed by atoms with Crippen LogP contribution in [-0.2, 0) is 0 Å². The Morgan fingerprint density at radius 3 is 2.70 bits per heavy atom. The van der Waals surface area contributed by atoms with E-state index in [9.17, 15) is 4.39 Å². The Balaban J connectivity index is 2.55. The van der Waals surface area contributed by atoms with Crippen LogP contribution in [0, 0.1) is 0 Å². The van der Waals surface area contributed by atoms with Gasteiger partial charge in [0.1, 0.15) is 6.67 Å². The average Bonchev–Trinajstić information content (AvgIpc) is 2.05. The summed E-state index contributed by atoms with van der Waals surface area (Å²) in [5.74, 6) is 5.15. The van der Waals surface area contributed by atoms with E-state index in [0.29, 0.717) is 0 Å². The van der Waals surface area contributed by atoms with Gasteiger partial charge in [-0.1, -0.05) is 6.08 Å². The van der Waals surface area contributed by atoms with Crippen molar-refractivity contribution < 1.29 is 4.39 Å². The second-order valence-electron chi connectivity index (χ2n) is 2.29. The van der Waals surface area contributed by atoms with Gasteiger partial charge in [0.25, 0.3) is 0 Å². The van der Waals surface area contributed by atoms with Crippen molar-refractivity contribution in [3.8, 4) is 0 Å². The zero-order valence-electron chi connectivity index (χ0n) is 5.73. The third-order valence-corrected chi connectivity index (χ3v) is 1.59. The van der Waals surface area contributed by atoms with Crippen LogP contribution in [0.3, 0.4) is 0 Å². The Kier molecular flexibility index (Phi) is 2.45. The molecule has 2 nitrogen and oxygen atoms in total. The monoisotopic (exact) mass is 142 g/mol. The number of hydrogen-bond donors (Lipinski definition) is 2. The number of hydrogen-bond acceptors (Lipinski definition) is 2. The number of allylic oxidation sites excluding steroid dienone is 4. The summed E-state index contributed by atoms with van der Waals surface area (Å²) in [6.07, 6.45) is 5.20. The Hall–Kier alpha value is -0.830. The number of alkyl halides is 1. The van der Waals surface area contributed by atoms with Gasteiger partial charge in [-0.3, -0.25) is 5.84 Å². The second kappa shape index (κ2) is 3.37. The molecular weight excluding hydrogens is 131 g/mol. The molecule has 0 saturated heterocycles. The number of hydrazine groups is 1. The van der Waals surface area contributed by atoms with E-state index in [2.05, 4.69) is 5.43 Å². The van der Waals surface area contributed by atoms with Gasteiger partial charge >= 0.3 is 0 Å². The lowest BCUT2D eigenvalue weighted by atomic mass is 10.0. The lowest BCUT2D eigenvalue weighted by Gasteiger charge is -2.10. The summed E-state index contributed by atoms with van der Waals surface area (Å²) >= 11 is 0. The fourth-order valence-electron chi connectivity index (χ4n) is 0.912. The van der Waals surface area contributed by atoms with Crippen molar-refractivity contribution in [2.75, 3.05) is 6.67 Å². The maximum Gasteiger partial charge on any atom is 0.111 e. The summed E-state index contributed by atoms with van der Waals surface area (Å²) in [6, 6.07) is 0. The van der Waals surface area contributed by atoms with Crippen LogP contribution in [0.25, 0.3) is 0 Å². The van der Waals surface area contributed by atoms with Gasteiger partial charge in [-0.05, 0) is 24.5 Å². The molecule has 0 atom stereocenters. The van der Waals surface area contributed by atoms with Crippen molar-refractivity contribution in [1.82, 2.24) is 5.43 Å². The van der Waals surface area contributed by atoms with Gasteiger partial charge in [0.05, 0.1) is 0 Å². The summed E-state index contributed by atoms with van der Waals surface area (Å²) in [5.41, 5.74) is 4.36. The molecule has 3 N–H and O–H groups in total. The van der Waals surface area contributed by atoms with E-state index < -0.39 is 0 Å². The molecule has 0 amide bonds. The van der Waals surface area contributed by atoms with Crippen molar-refractivity contribution in [3.63, 3.8) is 0 Å². The second-order valence-corrected chi connectivity index (χ2v) is 2.29. The predicted octanol–water partition coefficient (Wildman–Crippen LogP) is 1.02. The first kappa shape index (κ1) is 7.28. The fourth-order valence-corrected chi connectivity index (χ4v) is 0.912. The third kappa shape index (κ3) is 1.57. The van der Waals surface area contributed by atoms with E-state index in [1.54, 1.807) is 6.08 Å². The molecule has 10 heavy (non-hydrogen) atoms. The van der Waals surface area contributed by atoms with Gasteiger partial charge in [-0.25, -0.2) is 4.39 Å². The zero-order chi connectivity index (χ0) is 7.40. The summed E-state index contributed by atoms with van der Waals surface area (Å²) in [7, 11) is 0. The first-order chi connectivity index (χ1) is 4.86. The van der Waals surface area contributed by atoms with Crippen LogP contribution in [0.5, 0.6) is 0 Å². The van der Waals surface area contributed by atoms with Gasteiger partial charge in [-0.2, -0.15) is 0 Å². The minimum Gasteiger partial charge on any atom is -0.328 e. The van der Waals surface area contributed by atoms with Crippen LogP contribution in [0.1, 0.15) is 12.8 Å². The van der Waals surface area contributed by atoms with Crippen molar-refractivity contribution in [2.45, 2.75) is 12.8 Å². The van der Waals surface area contributed by atoms with Gasteiger partial charge in [0.15, 0.2) is 0 Å². The summed E-state index contributed by atoms with van der Waals surface area (Å²) in [4.78, 5) is 0. The molecule has 1 aliphatic rings. The Morgan fingerprint density at radius 2 is 2.30 bits per heavy atom. The molecule has 0 aromatic heterocycles. The van der Waals surface area contributed by atoms with Gasteiger partial charge in [0, 0.05) is 5.70 Å². The van der Waals surface area contributed by atoms with Crippen molar-refractivity contribution in [1.29, 1.82) is 0 Å². The number of rotatable bonds is 2. The highest BCUT2D eigenvalue weighted by Gasteiger charge is 2.03. The van der Waals surface area contributed by atoms with Gasteiger partial charge in [0.2, 0.25) is 0 Å². The molecule has 0 unspecified atom stereocenters. The molecular formula is C7H11FN2. The molecule has 0 radical (unpaired) electrons. The molecule has 3 heteroatoms. The minimum absolute atomic E-state index is 0.339. The van der Waals surface area contributed by atoms with Gasteiger partial charge < -0.3 is 5.43 Å². The molecule has 0 spiro atoms. The molecule has 0 aromatic carbocycles. The van der Waals surface area contributed by atoms with Crippen LogP contribution in [0.4, 0.5) is 4.39 Å². The van der Waals surface area contributed by atoms with Crippen LogP contribution in [0.15, 0.2) is 23.4 Å². The molecule has 0 saturated carbocycles. The van der Waals surface area contributed by atoms with Crippen molar-refractivity contribution in [3.05, 3.63) is 23.4 Å². The molecule has 0 aliphatic heterocycles. The molecule has 0 bridgehead atoms. The fraction of sp³-hybridized carbons (Fsp3) is 0.429. The topological polar surface area (TPSA) is 38.0 Å². The highest BCUT2D eigenvalue weighted by atomic mass is 19.1. The van der Waals surface area contributed by atoms with Crippen LogP contribution >= 0.6 is 0 Å². The first-order valence-corrected chi connectivity index (χ1v) is 3.28. The van der Waals surface area contributed by atoms with Gasteiger partial charge in [-0.15, -0.1) is 0 Å². The highest BCUT2D eigenvalue weighted by Crippen LogP contribution is 2.15. The zero-order valence-corrected chi connectivity index (χ0v) is 5.73. The molecule has 0 aromatic rings. The third-order valence-electron chi connectivity index (χ3n) is 1.59. The van der Waals surface area contributed by atoms with Crippen LogP contribution in [-0.4, -0.2) is 6.67 Å². The van der Waals surface area contributed by atoms with E-state index in [0.717, 1.165) is 24.1 Å². The maximum absolute atomic E-state index is 12.0. The SMILES string of the molecule is NNC1=CC=C(CF)CC1. The van der Waals surface area contributed by atoms with E-state index >= 15 is 0 Å². The molecule has 0 fully saturated rings. The van der Waals surface area contributed by atoms with Crippen LogP contribution < -0.4 is 11.3 Å². The standard InChI is InChI=1S/C7H11FN2/c8-5-6-1-3-7(10-9)4-2-6/h1,3,10H,2,4-5,9H2. The predicted molar refractivity (Wildman–Crippen MR) is 38.7 cm³/mol. The van der Waals surface area contributed by atoms with E-state index in [4.69, 9.17) is 5.84 Å². The normalized spacial score (nSPS) is 17.8.